The van der Waals surface area contributed by atoms with Crippen molar-refractivity contribution in [1.29, 1.82) is 0 Å². The van der Waals surface area contributed by atoms with Crippen LogP contribution in [0.3, 0.4) is 0 Å². The van der Waals surface area contributed by atoms with Gasteiger partial charge < -0.3 is 9.72 Å². The molecule has 3 rings (SSSR count). The minimum Gasteiger partial charge on any atom is -0.352 e. The second-order valence-corrected chi connectivity index (χ2v) is 6.81. The number of aromatic nitrogens is 2. The lowest BCUT2D eigenvalue weighted by Gasteiger charge is -2.15. The molecule has 0 saturated carbocycles. The number of fused-ring (bicyclic) bond motifs is 1. The summed E-state index contributed by atoms with van der Waals surface area (Å²) in [6, 6.07) is 9.83. The number of carbonyl (C=O) groups excluding carboxylic acids is 1. The van der Waals surface area contributed by atoms with Gasteiger partial charge >= 0.3 is 0 Å². The van der Waals surface area contributed by atoms with E-state index in [1.165, 1.54) is 0 Å². The summed E-state index contributed by atoms with van der Waals surface area (Å²) in [5, 5.41) is 2.86. The molecule has 0 spiro atoms. The summed E-state index contributed by atoms with van der Waals surface area (Å²) in [4.78, 5) is 25.3. The molecule has 3 aromatic rings. The lowest BCUT2D eigenvalue weighted by atomic mass is 10.1. The summed E-state index contributed by atoms with van der Waals surface area (Å²) in [5.74, 6) is -0.168. The minimum absolute atomic E-state index is 0.00101. The first-order chi connectivity index (χ1) is 11.8. The van der Waals surface area contributed by atoms with Gasteiger partial charge in [0.15, 0.2) is 0 Å². The molecule has 2 heterocycles. The van der Waals surface area contributed by atoms with Crippen LogP contribution in [0.5, 0.6) is 0 Å². The van der Waals surface area contributed by atoms with Crippen molar-refractivity contribution >= 4 is 11.4 Å². The monoisotopic (exact) mass is 337 g/mol. The van der Waals surface area contributed by atoms with Crippen molar-refractivity contribution in [1.82, 2.24) is 14.3 Å². The van der Waals surface area contributed by atoms with Crippen LogP contribution in [0.25, 0.3) is 16.8 Å². The van der Waals surface area contributed by atoms with E-state index in [9.17, 15) is 9.59 Å². The summed E-state index contributed by atoms with van der Waals surface area (Å²) in [6.45, 7) is 7.77. The van der Waals surface area contributed by atoms with Crippen LogP contribution < -0.4 is 10.9 Å². The van der Waals surface area contributed by atoms with Crippen molar-refractivity contribution in [3.8, 4) is 11.3 Å². The van der Waals surface area contributed by atoms with Gasteiger partial charge in [-0.05, 0) is 45.4 Å². The number of aryl methyl sites for hydroxylation is 2. The molecule has 1 amide bonds. The average molecular weight is 337 g/mol. The van der Waals surface area contributed by atoms with Crippen molar-refractivity contribution in [2.45, 2.75) is 40.3 Å². The predicted molar refractivity (Wildman–Crippen MR) is 99.8 cm³/mol. The predicted octanol–water partition coefficient (Wildman–Crippen LogP) is 2.91. The molecule has 0 bridgehead atoms. The molecular weight excluding hydrogens is 314 g/mol. The maximum atomic E-state index is 13.0. The second-order valence-electron chi connectivity index (χ2n) is 6.81. The fourth-order valence-electron chi connectivity index (χ4n) is 3.05. The highest BCUT2D eigenvalue weighted by Crippen LogP contribution is 2.20. The topological polar surface area (TPSA) is 55.5 Å². The molecule has 1 aromatic carbocycles. The highest BCUT2D eigenvalue weighted by atomic mass is 16.2. The maximum absolute atomic E-state index is 13.0. The molecule has 0 aliphatic rings. The Hall–Kier alpha value is -2.82. The zero-order valence-electron chi connectivity index (χ0n) is 15.0. The van der Waals surface area contributed by atoms with Crippen molar-refractivity contribution in [3.63, 3.8) is 0 Å². The normalized spacial score (nSPS) is 11.2. The Kier molecular flexibility index (Phi) is 4.49. The number of hydrogen-bond donors (Lipinski definition) is 1. The Balaban J connectivity index is 2.20. The van der Waals surface area contributed by atoms with E-state index in [0.717, 1.165) is 22.4 Å². The van der Waals surface area contributed by atoms with Gasteiger partial charge in [0, 0.05) is 24.0 Å². The highest BCUT2D eigenvalue weighted by Gasteiger charge is 2.15. The molecule has 0 unspecified atom stereocenters. The van der Waals surface area contributed by atoms with E-state index in [4.69, 9.17) is 0 Å². The number of nitrogens with zero attached hydrogens (tertiary/aromatic N) is 2. The van der Waals surface area contributed by atoms with Gasteiger partial charge in [0.1, 0.15) is 12.1 Å². The first-order valence-corrected chi connectivity index (χ1v) is 8.43. The largest absolute Gasteiger partial charge is 0.352 e. The summed E-state index contributed by atoms with van der Waals surface area (Å²) in [7, 11) is 0. The van der Waals surface area contributed by atoms with Gasteiger partial charge in [-0.2, -0.15) is 0 Å². The molecule has 1 N–H and O–H groups in total. The Bertz CT molecular complexity index is 996. The van der Waals surface area contributed by atoms with E-state index in [1.807, 2.05) is 74.8 Å². The van der Waals surface area contributed by atoms with E-state index in [1.54, 1.807) is 4.57 Å². The minimum atomic E-state index is -0.168. The number of carbonyl (C=O) groups is 1. The number of hydrogen-bond acceptors (Lipinski definition) is 2. The smallest absolute Gasteiger partial charge is 0.275 e. The van der Waals surface area contributed by atoms with Gasteiger partial charge in [0.25, 0.3) is 5.56 Å². The highest BCUT2D eigenvalue weighted by molar-refractivity contribution is 5.77. The summed E-state index contributed by atoms with van der Waals surface area (Å²) >= 11 is 0. The van der Waals surface area contributed by atoms with E-state index < -0.39 is 0 Å². The van der Waals surface area contributed by atoms with Crippen LogP contribution >= 0.6 is 0 Å². The Morgan fingerprint density at radius 2 is 1.88 bits per heavy atom. The summed E-state index contributed by atoms with van der Waals surface area (Å²) in [5.41, 5.74) is 4.18. The molecule has 2 aromatic heterocycles. The number of nitrogens with one attached hydrogen (secondary N) is 1. The molecule has 0 aliphatic heterocycles. The van der Waals surface area contributed by atoms with Crippen LogP contribution in [0.4, 0.5) is 0 Å². The van der Waals surface area contributed by atoms with Crippen molar-refractivity contribution in [3.05, 3.63) is 64.2 Å². The first kappa shape index (κ1) is 17.0. The van der Waals surface area contributed by atoms with Gasteiger partial charge in [-0.15, -0.1) is 0 Å². The molecule has 0 fully saturated rings. The second kappa shape index (κ2) is 6.59. The first-order valence-electron chi connectivity index (χ1n) is 8.43. The maximum Gasteiger partial charge on any atom is 0.275 e. The van der Waals surface area contributed by atoms with Gasteiger partial charge in [-0.25, -0.2) is 0 Å². The molecule has 5 heteroatoms. The number of amides is 1. The summed E-state index contributed by atoms with van der Waals surface area (Å²) < 4.78 is 3.40. The molecule has 25 heavy (non-hydrogen) atoms. The quantitative estimate of drug-likeness (QED) is 0.796. The van der Waals surface area contributed by atoms with Crippen LogP contribution in [0.2, 0.25) is 0 Å². The van der Waals surface area contributed by atoms with Crippen LogP contribution in [0, 0.1) is 13.8 Å². The zero-order chi connectivity index (χ0) is 18.1. The Labute approximate surface area is 146 Å². The standard InChI is InChI=1S/C20H23N3O2/c1-13(2)21-19(24)12-23-18(16-7-5-6-14(3)8-16)11-22-10-15(4)9-17(22)20(23)25/h5-11,13H,12H2,1-4H3,(H,21,24). The third kappa shape index (κ3) is 3.50. The van der Waals surface area contributed by atoms with Crippen LogP contribution in [-0.4, -0.2) is 20.9 Å². The summed E-state index contributed by atoms with van der Waals surface area (Å²) in [6.07, 6.45) is 3.84. The molecule has 130 valence electrons. The third-order valence-electron chi connectivity index (χ3n) is 4.07. The van der Waals surface area contributed by atoms with Crippen molar-refractivity contribution < 1.29 is 4.79 Å². The molecule has 0 saturated heterocycles. The number of benzene rings is 1. The van der Waals surface area contributed by atoms with Crippen LogP contribution in [0.1, 0.15) is 25.0 Å². The molecule has 0 radical (unpaired) electrons. The van der Waals surface area contributed by atoms with Gasteiger partial charge in [0.2, 0.25) is 5.91 Å². The molecule has 0 aliphatic carbocycles. The van der Waals surface area contributed by atoms with E-state index in [2.05, 4.69) is 5.32 Å². The number of rotatable bonds is 4. The van der Waals surface area contributed by atoms with E-state index in [-0.39, 0.29) is 24.1 Å². The fraction of sp³-hybridized carbons (Fsp3) is 0.300. The van der Waals surface area contributed by atoms with Gasteiger partial charge in [-0.3, -0.25) is 14.2 Å². The zero-order valence-corrected chi connectivity index (χ0v) is 15.0. The Morgan fingerprint density at radius 3 is 2.56 bits per heavy atom. The lowest BCUT2D eigenvalue weighted by molar-refractivity contribution is -0.122. The molecular formula is C20H23N3O2. The van der Waals surface area contributed by atoms with E-state index >= 15 is 0 Å². The lowest BCUT2D eigenvalue weighted by Crippen LogP contribution is -2.36. The third-order valence-corrected chi connectivity index (χ3v) is 4.07. The van der Waals surface area contributed by atoms with Gasteiger partial charge in [0.05, 0.1) is 5.69 Å². The van der Waals surface area contributed by atoms with E-state index in [0.29, 0.717) is 5.52 Å². The Morgan fingerprint density at radius 1 is 1.12 bits per heavy atom. The van der Waals surface area contributed by atoms with Crippen LogP contribution in [0.15, 0.2) is 47.5 Å². The van der Waals surface area contributed by atoms with Crippen molar-refractivity contribution in [2.75, 3.05) is 0 Å². The average Bonchev–Trinajstić information content (AvgIpc) is 2.90. The van der Waals surface area contributed by atoms with Gasteiger partial charge in [-0.1, -0.05) is 23.8 Å². The SMILES string of the molecule is Cc1cccc(-c2cn3cc(C)cc3c(=O)n2CC(=O)NC(C)C)c1. The van der Waals surface area contributed by atoms with Crippen molar-refractivity contribution in [2.24, 2.45) is 0 Å². The molecule has 5 nitrogen and oxygen atoms in total. The fourth-order valence-corrected chi connectivity index (χ4v) is 3.05. The molecule has 0 atom stereocenters. The van der Waals surface area contributed by atoms with Crippen LogP contribution in [-0.2, 0) is 11.3 Å².